The molecular formula is C28H26F3NO3S. The Morgan fingerprint density at radius 3 is 2.03 bits per heavy atom. The lowest BCUT2D eigenvalue weighted by Gasteiger charge is -2.20. The predicted molar refractivity (Wildman–Crippen MR) is 136 cm³/mol. The molecule has 0 saturated carbocycles. The first kappa shape index (κ1) is 27.0. The molecule has 1 N–H and O–H groups in total. The first-order valence-electron chi connectivity index (χ1n) is 11.2. The molecule has 36 heavy (non-hydrogen) atoms. The molecule has 0 heterocycles. The van der Waals surface area contributed by atoms with Gasteiger partial charge in [0.05, 0.1) is 6.42 Å². The number of benzene rings is 3. The van der Waals surface area contributed by atoms with Gasteiger partial charge in [-0.1, -0.05) is 30.9 Å². The van der Waals surface area contributed by atoms with Gasteiger partial charge in [0.1, 0.15) is 11.5 Å². The smallest absolute Gasteiger partial charge is 0.475 e. The minimum absolute atomic E-state index is 0.106. The van der Waals surface area contributed by atoms with E-state index in [0.29, 0.717) is 11.4 Å². The number of halogens is 3. The van der Waals surface area contributed by atoms with Gasteiger partial charge in [0.25, 0.3) is 0 Å². The number of thioether (sulfide) groups is 1. The quantitative estimate of drug-likeness (QED) is 0.258. The zero-order valence-electron chi connectivity index (χ0n) is 20.1. The van der Waals surface area contributed by atoms with Crippen LogP contribution in [0, 0.1) is 11.8 Å². The van der Waals surface area contributed by atoms with Crippen molar-refractivity contribution in [3.63, 3.8) is 0 Å². The molecule has 1 amide bonds. The fraction of sp³-hybridized carbons (Fsp3) is 0.250. The van der Waals surface area contributed by atoms with Crippen LogP contribution in [0.1, 0.15) is 31.9 Å². The van der Waals surface area contributed by atoms with Gasteiger partial charge >= 0.3 is 6.36 Å². The lowest BCUT2D eigenvalue weighted by atomic mass is 10.1. The van der Waals surface area contributed by atoms with Crippen molar-refractivity contribution in [1.29, 1.82) is 0 Å². The maximum absolute atomic E-state index is 12.4. The van der Waals surface area contributed by atoms with Crippen LogP contribution in [0.5, 0.6) is 11.5 Å². The third-order valence-corrected chi connectivity index (χ3v) is 5.60. The number of carbonyl (C=O) groups excluding carboxylic acids is 1. The maximum atomic E-state index is 12.4. The van der Waals surface area contributed by atoms with Gasteiger partial charge in [0.15, 0.2) is 5.60 Å². The van der Waals surface area contributed by atoms with Crippen molar-refractivity contribution < 1.29 is 27.4 Å². The summed E-state index contributed by atoms with van der Waals surface area (Å²) in [6.45, 7) is 5.60. The fourth-order valence-corrected chi connectivity index (χ4v) is 3.81. The molecule has 0 aliphatic heterocycles. The van der Waals surface area contributed by atoms with Crippen LogP contribution in [0.25, 0.3) is 0 Å². The Morgan fingerprint density at radius 2 is 1.47 bits per heavy atom. The highest BCUT2D eigenvalue weighted by Crippen LogP contribution is 2.26. The average molecular weight is 514 g/mol. The number of hydrogen-bond acceptors (Lipinski definition) is 4. The highest BCUT2D eigenvalue weighted by atomic mass is 32.2. The second-order valence-corrected chi connectivity index (χ2v) is 9.60. The van der Waals surface area contributed by atoms with Crippen molar-refractivity contribution in [1.82, 2.24) is 0 Å². The van der Waals surface area contributed by atoms with Crippen molar-refractivity contribution >= 4 is 23.4 Å². The molecule has 8 heteroatoms. The number of amides is 1. The molecule has 3 aromatic rings. The Kier molecular flexibility index (Phi) is 8.94. The van der Waals surface area contributed by atoms with Crippen LogP contribution < -0.4 is 14.8 Å². The maximum Gasteiger partial charge on any atom is 0.573 e. The van der Waals surface area contributed by atoms with Crippen LogP contribution in [0.2, 0.25) is 0 Å². The van der Waals surface area contributed by atoms with E-state index in [9.17, 15) is 18.0 Å². The first-order chi connectivity index (χ1) is 17.0. The number of rotatable bonds is 8. The summed E-state index contributed by atoms with van der Waals surface area (Å²) >= 11 is 1.76. The van der Waals surface area contributed by atoms with Crippen LogP contribution in [0.4, 0.5) is 18.9 Å². The normalized spacial score (nSPS) is 11.3. The molecule has 0 radical (unpaired) electrons. The van der Waals surface area contributed by atoms with E-state index in [4.69, 9.17) is 4.74 Å². The highest BCUT2D eigenvalue weighted by Gasteiger charge is 2.31. The monoisotopic (exact) mass is 513 g/mol. The molecule has 0 aliphatic rings. The Labute approximate surface area is 213 Å². The van der Waals surface area contributed by atoms with Crippen molar-refractivity contribution in [2.45, 2.75) is 44.1 Å². The van der Waals surface area contributed by atoms with Crippen molar-refractivity contribution in [3.05, 3.63) is 83.9 Å². The summed E-state index contributed by atoms with van der Waals surface area (Å²) in [4.78, 5) is 13.6. The Hall–Kier alpha value is -3.57. The van der Waals surface area contributed by atoms with Gasteiger partial charge in [0.2, 0.25) is 5.91 Å². The number of anilines is 1. The standard InChI is InChI=1S/C28H26F3NO3S/c1-4-36-25-15-7-21(8-16-25)19-26(33)32-22-9-5-20(6-10-22)17-18-27(2,3)34-23-11-13-24(14-12-23)35-28(29,30)31/h5-16H,4,19H2,1-3H3,(H,32,33). The van der Waals surface area contributed by atoms with Gasteiger partial charge in [-0.25, -0.2) is 0 Å². The van der Waals surface area contributed by atoms with E-state index in [0.717, 1.165) is 16.9 Å². The molecule has 0 unspecified atom stereocenters. The van der Waals surface area contributed by atoms with Gasteiger partial charge in [-0.2, -0.15) is 0 Å². The van der Waals surface area contributed by atoms with E-state index in [1.165, 1.54) is 29.2 Å². The minimum Gasteiger partial charge on any atom is -0.475 e. The van der Waals surface area contributed by atoms with Crippen molar-refractivity contribution in [3.8, 4) is 23.3 Å². The molecule has 0 aromatic heterocycles. The molecule has 3 rings (SSSR count). The molecule has 0 spiro atoms. The number of ether oxygens (including phenoxy) is 2. The van der Waals surface area contributed by atoms with Crippen LogP contribution in [0.15, 0.2) is 77.7 Å². The van der Waals surface area contributed by atoms with Gasteiger partial charge in [-0.05, 0) is 85.8 Å². The van der Waals surface area contributed by atoms with E-state index >= 15 is 0 Å². The van der Waals surface area contributed by atoms with Gasteiger partial charge < -0.3 is 14.8 Å². The summed E-state index contributed by atoms with van der Waals surface area (Å²) in [5, 5.41) is 2.88. The number of nitrogens with one attached hydrogen (secondary N) is 1. The number of alkyl halides is 3. The van der Waals surface area contributed by atoms with Gasteiger partial charge in [-0.15, -0.1) is 24.9 Å². The third-order valence-electron chi connectivity index (χ3n) is 4.71. The summed E-state index contributed by atoms with van der Waals surface area (Å²) < 4.78 is 46.5. The molecule has 0 saturated heterocycles. The zero-order chi connectivity index (χ0) is 26.2. The molecule has 0 aliphatic carbocycles. The predicted octanol–water partition coefficient (Wildman–Crippen LogP) is 7.09. The lowest BCUT2D eigenvalue weighted by molar-refractivity contribution is -0.274. The first-order valence-corrected chi connectivity index (χ1v) is 12.2. The summed E-state index contributed by atoms with van der Waals surface area (Å²) in [7, 11) is 0. The molecule has 0 bridgehead atoms. The van der Waals surface area contributed by atoms with E-state index in [1.54, 1.807) is 49.9 Å². The summed E-state index contributed by atoms with van der Waals surface area (Å²) in [6, 6.07) is 20.2. The molecule has 0 fully saturated rings. The van der Waals surface area contributed by atoms with Crippen molar-refractivity contribution in [2.24, 2.45) is 0 Å². The average Bonchev–Trinajstić information content (AvgIpc) is 2.80. The Balaban J connectivity index is 1.54. The molecule has 4 nitrogen and oxygen atoms in total. The summed E-state index contributed by atoms with van der Waals surface area (Å²) in [5.74, 6) is 6.97. The summed E-state index contributed by atoms with van der Waals surface area (Å²) in [5.41, 5.74) is 1.44. The van der Waals surface area contributed by atoms with Crippen LogP contribution in [0.3, 0.4) is 0 Å². The van der Waals surface area contributed by atoms with E-state index < -0.39 is 12.0 Å². The largest absolute Gasteiger partial charge is 0.573 e. The second kappa shape index (κ2) is 11.9. The van der Waals surface area contributed by atoms with Crippen molar-refractivity contribution in [2.75, 3.05) is 11.1 Å². The molecule has 0 atom stereocenters. The van der Waals surface area contributed by atoms with Crippen LogP contribution in [-0.2, 0) is 11.2 Å². The molecule has 188 valence electrons. The molecule has 3 aromatic carbocycles. The van der Waals surface area contributed by atoms with Crippen LogP contribution in [-0.4, -0.2) is 23.6 Å². The fourth-order valence-electron chi connectivity index (χ4n) is 3.15. The van der Waals surface area contributed by atoms with Gasteiger partial charge in [0, 0.05) is 16.1 Å². The van der Waals surface area contributed by atoms with Gasteiger partial charge in [-0.3, -0.25) is 4.79 Å². The Morgan fingerprint density at radius 1 is 0.889 bits per heavy atom. The third kappa shape index (κ3) is 9.23. The summed E-state index contributed by atoms with van der Waals surface area (Å²) in [6.07, 6.45) is -4.46. The Bertz CT molecular complexity index is 1210. The minimum atomic E-state index is -4.74. The lowest BCUT2D eigenvalue weighted by Crippen LogP contribution is -2.25. The highest BCUT2D eigenvalue weighted by molar-refractivity contribution is 7.99. The number of carbonyl (C=O) groups is 1. The second-order valence-electron chi connectivity index (χ2n) is 8.26. The SMILES string of the molecule is CCSc1ccc(CC(=O)Nc2ccc(C#CC(C)(C)Oc3ccc(OC(F)(F)F)cc3)cc2)cc1. The van der Waals surface area contributed by atoms with E-state index in [1.807, 2.05) is 24.3 Å². The zero-order valence-corrected chi connectivity index (χ0v) is 20.9. The van der Waals surface area contributed by atoms with Crippen LogP contribution >= 0.6 is 11.8 Å². The van der Waals surface area contributed by atoms with E-state index in [2.05, 4.69) is 28.8 Å². The van der Waals surface area contributed by atoms with E-state index in [-0.39, 0.29) is 18.1 Å². The molecular weight excluding hydrogens is 487 g/mol. The number of hydrogen-bond donors (Lipinski definition) is 1. The topological polar surface area (TPSA) is 47.6 Å².